The number of anilines is 1. The van der Waals surface area contributed by atoms with E-state index in [9.17, 15) is 0 Å². The van der Waals surface area contributed by atoms with Crippen LogP contribution in [-0.2, 0) is 0 Å². The van der Waals surface area contributed by atoms with Crippen molar-refractivity contribution in [2.45, 2.75) is 6.92 Å². The number of benzene rings is 7. The summed E-state index contributed by atoms with van der Waals surface area (Å²) in [6, 6.07) is 50.3. The van der Waals surface area contributed by atoms with Gasteiger partial charge in [0.1, 0.15) is 5.58 Å². The van der Waals surface area contributed by atoms with Gasteiger partial charge in [0, 0.05) is 22.1 Å². The fourth-order valence-corrected chi connectivity index (χ4v) is 6.88. The number of furan rings is 1. The molecule has 5 nitrogen and oxygen atoms in total. The van der Waals surface area contributed by atoms with Gasteiger partial charge in [-0.25, -0.2) is 15.0 Å². The third-order valence-corrected chi connectivity index (χ3v) is 9.29. The molecule has 0 atom stereocenters. The molecule has 0 aliphatic rings. The molecule has 9 rings (SSSR count). The summed E-state index contributed by atoms with van der Waals surface area (Å²) in [5, 5.41) is 8.32. The predicted molar refractivity (Wildman–Crippen MR) is 202 cm³/mol. The first-order valence-corrected chi connectivity index (χ1v) is 16.4. The Kier molecular flexibility index (Phi) is 6.76. The standard InChI is InChI=1S/C44H30N4O/c1-2-33(44-47-42(29-12-5-3-6-13-29)46-43(48-44)30-14-7-4-8-15-30)40-37-24-21-32(26-39(37)49-41(40)45)31-18-17-28-20-22-35-34-16-10-9-11-27(34)19-23-36(35)38(28)25-31/h2-26H,45H2,1H3/b33-2+. The van der Waals surface area contributed by atoms with Crippen LogP contribution in [0, 0.1) is 0 Å². The average Bonchev–Trinajstić information content (AvgIpc) is 3.49. The zero-order chi connectivity index (χ0) is 32.9. The molecule has 232 valence electrons. The molecule has 0 aliphatic carbocycles. The summed E-state index contributed by atoms with van der Waals surface area (Å²) in [6.45, 7) is 1.97. The van der Waals surface area contributed by atoms with E-state index in [4.69, 9.17) is 25.1 Å². The topological polar surface area (TPSA) is 77.8 Å². The molecule has 2 N–H and O–H groups in total. The first-order chi connectivity index (χ1) is 24.1. The monoisotopic (exact) mass is 630 g/mol. The highest BCUT2D eigenvalue weighted by Crippen LogP contribution is 2.40. The lowest BCUT2D eigenvalue weighted by molar-refractivity contribution is 0.636. The van der Waals surface area contributed by atoms with Gasteiger partial charge in [-0.3, -0.25) is 0 Å². The third kappa shape index (κ3) is 4.91. The molecule has 2 heterocycles. The summed E-state index contributed by atoms with van der Waals surface area (Å²) in [7, 11) is 0. The van der Waals surface area contributed by atoms with Crippen molar-refractivity contribution >= 4 is 54.7 Å². The van der Waals surface area contributed by atoms with Crippen molar-refractivity contribution in [2.75, 3.05) is 5.73 Å². The third-order valence-electron chi connectivity index (χ3n) is 9.29. The Bertz CT molecular complexity index is 2670. The van der Waals surface area contributed by atoms with Crippen molar-refractivity contribution in [3.05, 3.63) is 163 Å². The second-order valence-electron chi connectivity index (χ2n) is 12.2. The zero-order valence-electron chi connectivity index (χ0n) is 26.8. The van der Waals surface area contributed by atoms with Gasteiger partial charge < -0.3 is 10.2 Å². The van der Waals surface area contributed by atoms with Gasteiger partial charge in [0.15, 0.2) is 23.4 Å². The molecule has 9 aromatic rings. The summed E-state index contributed by atoms with van der Waals surface area (Å²) >= 11 is 0. The molecule has 0 spiro atoms. The van der Waals surface area contributed by atoms with E-state index in [0.29, 0.717) is 28.9 Å². The molecule has 0 fully saturated rings. The summed E-state index contributed by atoms with van der Waals surface area (Å²) in [4.78, 5) is 14.8. The number of aromatic nitrogens is 3. The fraction of sp³-hybridized carbons (Fsp3) is 0.0227. The molecule has 0 radical (unpaired) electrons. The first kappa shape index (κ1) is 28.6. The van der Waals surface area contributed by atoms with E-state index in [1.54, 1.807) is 0 Å². The number of nitrogen functional groups attached to an aromatic ring is 1. The van der Waals surface area contributed by atoms with Gasteiger partial charge in [-0.15, -0.1) is 0 Å². The van der Waals surface area contributed by atoms with E-state index < -0.39 is 0 Å². The van der Waals surface area contributed by atoms with Gasteiger partial charge >= 0.3 is 0 Å². The van der Waals surface area contributed by atoms with Crippen molar-refractivity contribution in [3.8, 4) is 33.9 Å². The molecule has 0 saturated carbocycles. The molecule has 0 unspecified atom stereocenters. The minimum absolute atomic E-state index is 0.319. The Morgan fingerprint density at radius 3 is 1.76 bits per heavy atom. The minimum Gasteiger partial charge on any atom is -0.440 e. The first-order valence-electron chi connectivity index (χ1n) is 16.4. The molecule has 5 heteroatoms. The van der Waals surface area contributed by atoms with Gasteiger partial charge in [-0.1, -0.05) is 133 Å². The number of rotatable bonds is 5. The van der Waals surface area contributed by atoms with E-state index in [0.717, 1.165) is 38.8 Å². The molecule has 0 saturated heterocycles. The number of allylic oxidation sites excluding steroid dienone is 1. The van der Waals surface area contributed by atoms with Crippen LogP contribution < -0.4 is 5.73 Å². The number of hydrogen-bond acceptors (Lipinski definition) is 5. The summed E-state index contributed by atoms with van der Waals surface area (Å²) in [5.74, 6) is 2.03. The number of fused-ring (bicyclic) bond motifs is 6. The molecular weight excluding hydrogens is 601 g/mol. The van der Waals surface area contributed by atoms with E-state index in [-0.39, 0.29) is 0 Å². The second-order valence-corrected chi connectivity index (χ2v) is 12.2. The van der Waals surface area contributed by atoms with Crippen LogP contribution in [0.5, 0.6) is 0 Å². The maximum absolute atomic E-state index is 6.66. The minimum atomic E-state index is 0.319. The lowest BCUT2D eigenvalue weighted by Gasteiger charge is -2.11. The second kappa shape index (κ2) is 11.6. The van der Waals surface area contributed by atoms with Crippen molar-refractivity contribution in [2.24, 2.45) is 0 Å². The highest BCUT2D eigenvalue weighted by molar-refractivity contribution is 6.17. The van der Waals surface area contributed by atoms with E-state index in [1.165, 1.54) is 32.3 Å². The fourth-order valence-electron chi connectivity index (χ4n) is 6.88. The molecule has 0 aliphatic heterocycles. The maximum Gasteiger partial charge on any atom is 0.199 e. The predicted octanol–water partition coefficient (Wildman–Crippen LogP) is 11.1. The van der Waals surface area contributed by atoms with Gasteiger partial charge in [0.05, 0.1) is 5.56 Å². The van der Waals surface area contributed by atoms with E-state index in [1.807, 2.05) is 73.7 Å². The molecule has 2 aromatic heterocycles. The van der Waals surface area contributed by atoms with Crippen LogP contribution in [-0.4, -0.2) is 15.0 Å². The smallest absolute Gasteiger partial charge is 0.199 e. The van der Waals surface area contributed by atoms with Gasteiger partial charge in [-0.2, -0.15) is 0 Å². The van der Waals surface area contributed by atoms with Crippen LogP contribution in [0.2, 0.25) is 0 Å². The van der Waals surface area contributed by atoms with Crippen LogP contribution in [0.4, 0.5) is 5.88 Å². The molecule has 0 bridgehead atoms. The Morgan fingerprint density at radius 2 is 1.06 bits per heavy atom. The Morgan fingerprint density at radius 1 is 0.510 bits per heavy atom. The molecule has 49 heavy (non-hydrogen) atoms. The lowest BCUT2D eigenvalue weighted by atomic mass is 9.94. The quantitative estimate of drug-likeness (QED) is 0.191. The largest absolute Gasteiger partial charge is 0.440 e. The maximum atomic E-state index is 6.66. The molecule has 7 aromatic carbocycles. The van der Waals surface area contributed by atoms with E-state index >= 15 is 0 Å². The Balaban J connectivity index is 1.16. The molecule has 0 amide bonds. The van der Waals surface area contributed by atoms with Crippen molar-refractivity contribution in [1.82, 2.24) is 15.0 Å². The van der Waals surface area contributed by atoms with Crippen LogP contribution in [0.15, 0.2) is 156 Å². The Hall–Kier alpha value is -6.59. The van der Waals surface area contributed by atoms with Crippen molar-refractivity contribution in [1.29, 1.82) is 0 Å². The van der Waals surface area contributed by atoms with Crippen molar-refractivity contribution in [3.63, 3.8) is 0 Å². The highest BCUT2D eigenvalue weighted by Gasteiger charge is 2.22. The number of hydrogen-bond donors (Lipinski definition) is 1. The van der Waals surface area contributed by atoms with Gasteiger partial charge in [0.2, 0.25) is 0 Å². The summed E-state index contributed by atoms with van der Waals surface area (Å²) in [6.07, 6.45) is 1.99. The van der Waals surface area contributed by atoms with Crippen LogP contribution in [0.25, 0.3) is 82.8 Å². The Labute approximate surface area is 283 Å². The summed E-state index contributed by atoms with van der Waals surface area (Å²) < 4.78 is 6.27. The summed E-state index contributed by atoms with van der Waals surface area (Å²) in [5.41, 5.74) is 12.9. The van der Waals surface area contributed by atoms with Crippen LogP contribution >= 0.6 is 0 Å². The SMILES string of the molecule is C/C=C(/c1nc(-c2ccccc2)nc(-c2ccccc2)n1)c1c(N)oc2cc(-c3ccc4ccc5c6ccccc6ccc5c4c3)ccc12. The van der Waals surface area contributed by atoms with E-state index in [2.05, 4.69) is 84.9 Å². The lowest BCUT2D eigenvalue weighted by Crippen LogP contribution is -2.04. The normalized spacial score (nSPS) is 12.0. The molecular formula is C44H30N4O. The zero-order valence-corrected chi connectivity index (χ0v) is 26.8. The van der Waals surface area contributed by atoms with Gasteiger partial charge in [0.25, 0.3) is 0 Å². The highest BCUT2D eigenvalue weighted by atomic mass is 16.3. The van der Waals surface area contributed by atoms with Gasteiger partial charge in [-0.05, 0) is 68.6 Å². The van der Waals surface area contributed by atoms with Crippen LogP contribution in [0.1, 0.15) is 18.3 Å². The average molecular weight is 631 g/mol. The number of nitrogens with two attached hydrogens (primary N) is 1. The van der Waals surface area contributed by atoms with Crippen LogP contribution in [0.3, 0.4) is 0 Å². The van der Waals surface area contributed by atoms with Crippen molar-refractivity contribution < 1.29 is 4.42 Å². The number of nitrogens with zero attached hydrogens (tertiary/aromatic N) is 3.